The summed E-state index contributed by atoms with van der Waals surface area (Å²) in [6.07, 6.45) is 3.97. The fourth-order valence-electron chi connectivity index (χ4n) is 5.64. The maximum atomic E-state index is 14.6. The molecular formula is C35H34Cl3N3O4S. The van der Waals surface area contributed by atoms with Crippen molar-refractivity contribution in [1.29, 1.82) is 0 Å². The van der Waals surface area contributed by atoms with Gasteiger partial charge in [-0.2, -0.15) is 0 Å². The first-order valence-electron chi connectivity index (χ1n) is 15.0. The van der Waals surface area contributed by atoms with Crippen LogP contribution < -0.4 is 9.62 Å². The standard InChI is InChI=1S/C35H34Cl3N3O4S/c36-29-20-19-26(21-31(29)38)23-40(33(22-25-11-3-1-4-12-25)35(43)39-27-13-7-8-14-27)34(42)24-41(32-18-10-9-17-30(32)37)46(44,45)28-15-5-2-6-16-28/h1-6,9-12,15-21,27,33H,7-8,13-14,22-24H2,(H,39,43). The molecule has 240 valence electrons. The molecule has 0 radical (unpaired) electrons. The zero-order valence-electron chi connectivity index (χ0n) is 25.0. The molecule has 0 aliphatic heterocycles. The quantitative estimate of drug-likeness (QED) is 0.166. The highest BCUT2D eigenvalue weighted by molar-refractivity contribution is 7.92. The summed E-state index contributed by atoms with van der Waals surface area (Å²) in [6, 6.07) is 27.8. The molecule has 1 aliphatic rings. The van der Waals surface area contributed by atoms with Crippen molar-refractivity contribution < 1.29 is 18.0 Å². The predicted octanol–water partition coefficient (Wildman–Crippen LogP) is 7.54. The first-order valence-corrected chi connectivity index (χ1v) is 17.6. The van der Waals surface area contributed by atoms with Gasteiger partial charge in [0.05, 0.1) is 25.7 Å². The fourth-order valence-corrected chi connectivity index (χ4v) is 7.71. The number of rotatable bonds is 12. The second kappa shape index (κ2) is 15.4. The number of hydrogen-bond donors (Lipinski definition) is 1. The summed E-state index contributed by atoms with van der Waals surface area (Å²) in [5.41, 5.74) is 1.62. The van der Waals surface area contributed by atoms with Crippen LogP contribution in [0.3, 0.4) is 0 Å². The third-order valence-electron chi connectivity index (χ3n) is 8.04. The third kappa shape index (κ3) is 8.23. The van der Waals surface area contributed by atoms with E-state index < -0.39 is 28.5 Å². The zero-order valence-corrected chi connectivity index (χ0v) is 28.1. The first-order chi connectivity index (χ1) is 22.1. The molecule has 0 aromatic heterocycles. The Morgan fingerprint density at radius 2 is 1.39 bits per heavy atom. The van der Waals surface area contributed by atoms with Crippen molar-refractivity contribution in [3.63, 3.8) is 0 Å². The summed E-state index contributed by atoms with van der Waals surface area (Å²) in [4.78, 5) is 30.1. The number of carbonyl (C=O) groups is 2. The van der Waals surface area contributed by atoms with Crippen LogP contribution in [-0.4, -0.2) is 43.8 Å². The maximum absolute atomic E-state index is 14.6. The monoisotopic (exact) mass is 697 g/mol. The largest absolute Gasteiger partial charge is 0.352 e. The van der Waals surface area contributed by atoms with Crippen LogP contribution in [0.1, 0.15) is 36.8 Å². The number of para-hydroxylation sites is 1. The highest BCUT2D eigenvalue weighted by Crippen LogP contribution is 2.31. The molecular weight excluding hydrogens is 665 g/mol. The van der Waals surface area contributed by atoms with Gasteiger partial charge in [-0.3, -0.25) is 13.9 Å². The summed E-state index contributed by atoms with van der Waals surface area (Å²) < 4.78 is 29.2. The van der Waals surface area contributed by atoms with Crippen LogP contribution in [0.15, 0.2) is 108 Å². The Labute approximate surface area is 285 Å². The van der Waals surface area contributed by atoms with Crippen molar-refractivity contribution in [3.8, 4) is 0 Å². The van der Waals surface area contributed by atoms with Gasteiger partial charge in [0.2, 0.25) is 11.8 Å². The molecule has 1 aliphatic carbocycles. The van der Waals surface area contributed by atoms with E-state index in [1.165, 1.54) is 17.0 Å². The Hall–Kier alpha value is -3.56. The summed E-state index contributed by atoms with van der Waals surface area (Å²) >= 11 is 19.1. The van der Waals surface area contributed by atoms with Gasteiger partial charge in [-0.25, -0.2) is 8.42 Å². The van der Waals surface area contributed by atoms with Gasteiger partial charge in [-0.05, 0) is 60.4 Å². The fraction of sp³-hybridized carbons (Fsp3) is 0.257. The topological polar surface area (TPSA) is 86.8 Å². The van der Waals surface area contributed by atoms with E-state index >= 15 is 0 Å². The van der Waals surface area contributed by atoms with Crippen molar-refractivity contribution >= 4 is 62.3 Å². The van der Waals surface area contributed by atoms with Gasteiger partial charge >= 0.3 is 0 Å². The number of carbonyl (C=O) groups excluding carboxylic acids is 2. The average molecular weight is 699 g/mol. The van der Waals surface area contributed by atoms with Gasteiger partial charge in [0.1, 0.15) is 12.6 Å². The number of anilines is 1. The lowest BCUT2D eigenvalue weighted by atomic mass is 10.0. The number of nitrogens with one attached hydrogen (secondary N) is 1. The molecule has 0 spiro atoms. The van der Waals surface area contributed by atoms with Crippen LogP contribution in [0.5, 0.6) is 0 Å². The Bertz CT molecular complexity index is 1770. The summed E-state index contributed by atoms with van der Waals surface area (Å²) in [7, 11) is -4.25. The van der Waals surface area contributed by atoms with E-state index in [4.69, 9.17) is 34.8 Å². The summed E-state index contributed by atoms with van der Waals surface area (Å²) in [5.74, 6) is -0.896. The molecule has 0 heterocycles. The lowest BCUT2D eigenvalue weighted by Crippen LogP contribution is -2.54. The molecule has 4 aromatic carbocycles. The summed E-state index contributed by atoms with van der Waals surface area (Å²) in [5, 5.41) is 3.96. The molecule has 4 aromatic rings. The minimum Gasteiger partial charge on any atom is -0.352 e. The Kier molecular flexibility index (Phi) is 11.3. The molecule has 11 heteroatoms. The highest BCUT2D eigenvalue weighted by Gasteiger charge is 2.36. The second-order valence-electron chi connectivity index (χ2n) is 11.2. The molecule has 7 nitrogen and oxygen atoms in total. The van der Waals surface area contributed by atoms with Crippen LogP contribution in [0.2, 0.25) is 15.1 Å². The minimum atomic E-state index is -4.25. The van der Waals surface area contributed by atoms with Gasteiger partial charge in [0.25, 0.3) is 10.0 Å². The normalized spacial score (nSPS) is 14.1. The van der Waals surface area contributed by atoms with Crippen molar-refractivity contribution in [3.05, 3.63) is 129 Å². The molecule has 1 atom stereocenters. The Balaban J connectivity index is 1.58. The summed E-state index contributed by atoms with van der Waals surface area (Å²) in [6.45, 7) is -0.628. The van der Waals surface area contributed by atoms with Crippen LogP contribution in [0.25, 0.3) is 0 Å². The van der Waals surface area contributed by atoms with Crippen LogP contribution in [-0.2, 0) is 32.6 Å². The molecule has 1 unspecified atom stereocenters. The van der Waals surface area contributed by atoms with Gasteiger partial charge in [0, 0.05) is 19.0 Å². The Morgan fingerprint density at radius 1 is 0.761 bits per heavy atom. The number of sulfonamides is 1. The minimum absolute atomic E-state index is 0.00133. The maximum Gasteiger partial charge on any atom is 0.264 e. The SMILES string of the molecule is O=C(NC1CCCC1)C(Cc1ccccc1)N(Cc1ccc(Cl)c(Cl)c1)C(=O)CN(c1ccccc1Cl)S(=O)(=O)c1ccccc1. The van der Waals surface area contributed by atoms with E-state index in [1.54, 1.807) is 60.7 Å². The third-order valence-corrected chi connectivity index (χ3v) is 10.9. The number of amides is 2. The van der Waals surface area contributed by atoms with E-state index in [9.17, 15) is 18.0 Å². The molecule has 5 rings (SSSR count). The molecule has 1 fully saturated rings. The number of halogens is 3. The predicted molar refractivity (Wildman–Crippen MR) is 184 cm³/mol. The van der Waals surface area contributed by atoms with E-state index in [0.29, 0.717) is 15.6 Å². The van der Waals surface area contributed by atoms with Crippen LogP contribution >= 0.6 is 34.8 Å². The number of nitrogens with zero attached hydrogens (tertiary/aromatic N) is 2. The van der Waals surface area contributed by atoms with E-state index in [1.807, 2.05) is 30.3 Å². The second-order valence-corrected chi connectivity index (χ2v) is 14.3. The van der Waals surface area contributed by atoms with Crippen molar-refractivity contribution in [1.82, 2.24) is 10.2 Å². The number of hydrogen-bond acceptors (Lipinski definition) is 4. The molecule has 2 amide bonds. The van der Waals surface area contributed by atoms with Crippen molar-refractivity contribution in [2.24, 2.45) is 0 Å². The van der Waals surface area contributed by atoms with E-state index in [2.05, 4.69) is 5.32 Å². The van der Waals surface area contributed by atoms with Crippen LogP contribution in [0, 0.1) is 0 Å². The molecule has 1 saturated carbocycles. The number of benzene rings is 4. The molecule has 1 N–H and O–H groups in total. The lowest BCUT2D eigenvalue weighted by Gasteiger charge is -2.34. The van der Waals surface area contributed by atoms with Crippen LogP contribution in [0.4, 0.5) is 5.69 Å². The van der Waals surface area contributed by atoms with Gasteiger partial charge in [0.15, 0.2) is 0 Å². The van der Waals surface area contributed by atoms with E-state index in [-0.39, 0.29) is 40.5 Å². The van der Waals surface area contributed by atoms with Crippen molar-refractivity contribution in [2.45, 2.75) is 55.6 Å². The molecule has 46 heavy (non-hydrogen) atoms. The zero-order chi connectivity index (χ0) is 32.7. The lowest BCUT2D eigenvalue weighted by molar-refractivity contribution is -0.140. The van der Waals surface area contributed by atoms with Gasteiger partial charge in [-0.1, -0.05) is 114 Å². The average Bonchev–Trinajstić information content (AvgIpc) is 3.57. The van der Waals surface area contributed by atoms with Gasteiger partial charge < -0.3 is 10.2 Å². The highest BCUT2D eigenvalue weighted by atomic mass is 35.5. The van der Waals surface area contributed by atoms with Crippen molar-refractivity contribution in [2.75, 3.05) is 10.8 Å². The van der Waals surface area contributed by atoms with E-state index in [0.717, 1.165) is 35.6 Å². The molecule has 0 bridgehead atoms. The Morgan fingerprint density at radius 3 is 2.04 bits per heavy atom. The smallest absolute Gasteiger partial charge is 0.264 e. The molecule has 0 saturated heterocycles. The first kappa shape index (κ1) is 33.8. The van der Waals surface area contributed by atoms with Gasteiger partial charge in [-0.15, -0.1) is 0 Å².